The number of halogens is 1. The predicted octanol–water partition coefficient (Wildman–Crippen LogP) is 5.93. The van der Waals surface area contributed by atoms with E-state index < -0.39 is 0 Å². The SMILES string of the molecule is Cc1cc(Cc2csc(-c3ccc4c(c3F)CCCCC4)n2)c(C)cc1CCN. The molecule has 2 aromatic carbocycles. The van der Waals surface area contributed by atoms with Crippen molar-refractivity contribution < 1.29 is 4.39 Å². The molecule has 2 N–H and O–H groups in total. The van der Waals surface area contributed by atoms with E-state index in [0.717, 1.165) is 54.8 Å². The molecule has 152 valence electrons. The van der Waals surface area contributed by atoms with E-state index in [0.29, 0.717) is 12.1 Å². The van der Waals surface area contributed by atoms with E-state index in [9.17, 15) is 0 Å². The van der Waals surface area contributed by atoms with Gasteiger partial charge in [-0.05, 0) is 91.9 Å². The van der Waals surface area contributed by atoms with Gasteiger partial charge in [0, 0.05) is 17.4 Å². The number of hydrogen-bond acceptors (Lipinski definition) is 3. The monoisotopic (exact) mass is 408 g/mol. The van der Waals surface area contributed by atoms with Gasteiger partial charge in [-0.2, -0.15) is 0 Å². The molecule has 0 unspecified atom stereocenters. The molecular formula is C25H29FN2S. The highest BCUT2D eigenvalue weighted by Gasteiger charge is 2.18. The summed E-state index contributed by atoms with van der Waals surface area (Å²) >= 11 is 1.55. The van der Waals surface area contributed by atoms with Crippen molar-refractivity contribution in [3.63, 3.8) is 0 Å². The Labute approximate surface area is 177 Å². The van der Waals surface area contributed by atoms with Crippen molar-refractivity contribution in [3.8, 4) is 10.6 Å². The lowest BCUT2D eigenvalue weighted by Crippen LogP contribution is -2.05. The average molecular weight is 409 g/mol. The topological polar surface area (TPSA) is 38.9 Å². The molecule has 0 radical (unpaired) electrons. The minimum Gasteiger partial charge on any atom is -0.330 e. The fraction of sp³-hybridized carbons (Fsp3) is 0.400. The van der Waals surface area contributed by atoms with Crippen LogP contribution >= 0.6 is 11.3 Å². The molecule has 1 aromatic heterocycles. The summed E-state index contributed by atoms with van der Waals surface area (Å²) in [4.78, 5) is 4.80. The van der Waals surface area contributed by atoms with Gasteiger partial charge in [-0.3, -0.25) is 0 Å². The van der Waals surface area contributed by atoms with Crippen LogP contribution in [0.3, 0.4) is 0 Å². The standard InChI is InChI=1S/C25H29FN2S/c1-16-13-20(17(2)12-19(16)10-11-27)14-21-15-29-25(28-21)23-9-8-18-6-4-3-5-7-22(18)24(23)26/h8-9,12-13,15H,3-7,10-11,14,27H2,1-2H3. The van der Waals surface area contributed by atoms with Crippen LogP contribution in [0.15, 0.2) is 29.6 Å². The third kappa shape index (κ3) is 4.29. The second-order valence-electron chi connectivity index (χ2n) is 8.19. The van der Waals surface area contributed by atoms with Gasteiger partial charge in [-0.1, -0.05) is 24.6 Å². The first kappa shape index (κ1) is 20.2. The number of aromatic nitrogens is 1. The second-order valence-corrected chi connectivity index (χ2v) is 9.05. The first-order valence-electron chi connectivity index (χ1n) is 10.6. The molecule has 29 heavy (non-hydrogen) atoms. The van der Waals surface area contributed by atoms with Crippen LogP contribution in [0.25, 0.3) is 10.6 Å². The Kier molecular flexibility index (Phi) is 6.12. The zero-order valence-corrected chi connectivity index (χ0v) is 18.2. The number of rotatable bonds is 5. The number of fused-ring (bicyclic) bond motifs is 1. The van der Waals surface area contributed by atoms with E-state index in [1.165, 1.54) is 34.2 Å². The molecule has 2 nitrogen and oxygen atoms in total. The van der Waals surface area contributed by atoms with E-state index >= 15 is 4.39 Å². The zero-order valence-electron chi connectivity index (χ0n) is 17.4. The Hall–Kier alpha value is -2.04. The van der Waals surface area contributed by atoms with E-state index in [4.69, 9.17) is 10.7 Å². The maximum Gasteiger partial charge on any atom is 0.136 e. The number of nitrogens with two attached hydrogens (primary N) is 1. The highest BCUT2D eigenvalue weighted by Crippen LogP contribution is 2.33. The Bertz CT molecular complexity index is 1020. The quantitative estimate of drug-likeness (QED) is 0.532. The molecule has 0 amide bonds. The summed E-state index contributed by atoms with van der Waals surface area (Å²) < 4.78 is 15.2. The van der Waals surface area contributed by atoms with Gasteiger partial charge in [0.15, 0.2) is 0 Å². The predicted molar refractivity (Wildman–Crippen MR) is 120 cm³/mol. The lowest BCUT2D eigenvalue weighted by atomic mass is 9.96. The Morgan fingerprint density at radius 1 is 1.03 bits per heavy atom. The van der Waals surface area contributed by atoms with Crippen molar-refractivity contribution in [2.75, 3.05) is 6.54 Å². The molecule has 0 atom stereocenters. The summed E-state index contributed by atoms with van der Waals surface area (Å²) in [6, 6.07) is 8.54. The van der Waals surface area contributed by atoms with Crippen LogP contribution in [-0.2, 0) is 25.7 Å². The van der Waals surface area contributed by atoms with Crippen molar-refractivity contribution in [2.45, 2.75) is 58.8 Å². The largest absolute Gasteiger partial charge is 0.330 e. The molecule has 0 spiro atoms. The van der Waals surface area contributed by atoms with Gasteiger partial charge in [0.05, 0.1) is 5.69 Å². The van der Waals surface area contributed by atoms with Crippen LogP contribution in [-0.4, -0.2) is 11.5 Å². The van der Waals surface area contributed by atoms with Crippen molar-refractivity contribution in [3.05, 3.63) is 74.5 Å². The number of nitrogens with zero attached hydrogens (tertiary/aromatic N) is 1. The van der Waals surface area contributed by atoms with Gasteiger partial charge in [-0.25, -0.2) is 9.37 Å². The fourth-order valence-corrected chi connectivity index (χ4v) is 5.22. The van der Waals surface area contributed by atoms with Gasteiger partial charge >= 0.3 is 0 Å². The van der Waals surface area contributed by atoms with Crippen LogP contribution in [0.2, 0.25) is 0 Å². The van der Waals surface area contributed by atoms with Crippen molar-refractivity contribution >= 4 is 11.3 Å². The van der Waals surface area contributed by atoms with E-state index in [2.05, 4.69) is 37.4 Å². The first-order valence-corrected chi connectivity index (χ1v) is 11.5. The average Bonchev–Trinajstić information content (AvgIpc) is 3.01. The highest BCUT2D eigenvalue weighted by molar-refractivity contribution is 7.13. The minimum atomic E-state index is -0.0523. The third-order valence-corrected chi connectivity index (χ3v) is 7.00. The molecular weight excluding hydrogens is 379 g/mol. The molecule has 1 aliphatic carbocycles. The number of thiazole rings is 1. The number of aryl methyl sites for hydroxylation is 3. The molecule has 0 saturated carbocycles. The lowest BCUT2D eigenvalue weighted by molar-refractivity contribution is 0.607. The lowest BCUT2D eigenvalue weighted by Gasteiger charge is -2.11. The van der Waals surface area contributed by atoms with E-state index in [1.807, 2.05) is 6.07 Å². The van der Waals surface area contributed by atoms with Crippen LogP contribution in [0, 0.1) is 19.7 Å². The van der Waals surface area contributed by atoms with Gasteiger partial charge < -0.3 is 5.73 Å². The highest BCUT2D eigenvalue weighted by atomic mass is 32.1. The van der Waals surface area contributed by atoms with Crippen LogP contribution < -0.4 is 5.73 Å². The molecule has 4 heteroatoms. The summed E-state index contributed by atoms with van der Waals surface area (Å²) in [5, 5.41) is 2.86. The van der Waals surface area contributed by atoms with Gasteiger partial charge in [0.1, 0.15) is 10.8 Å². The zero-order chi connectivity index (χ0) is 20.4. The Balaban J connectivity index is 1.60. The van der Waals surface area contributed by atoms with Crippen molar-refractivity contribution in [1.29, 1.82) is 0 Å². The molecule has 0 fully saturated rings. The van der Waals surface area contributed by atoms with Crippen LogP contribution in [0.4, 0.5) is 4.39 Å². The summed E-state index contributed by atoms with van der Waals surface area (Å²) in [6.07, 6.45) is 6.96. The maximum atomic E-state index is 15.2. The molecule has 0 bridgehead atoms. The summed E-state index contributed by atoms with van der Waals surface area (Å²) in [5.41, 5.74) is 14.6. The molecule has 0 saturated heterocycles. The molecule has 4 rings (SSSR count). The maximum absolute atomic E-state index is 15.2. The Morgan fingerprint density at radius 2 is 1.79 bits per heavy atom. The van der Waals surface area contributed by atoms with Crippen LogP contribution in [0.5, 0.6) is 0 Å². The number of hydrogen-bond donors (Lipinski definition) is 1. The second kappa shape index (κ2) is 8.76. The third-order valence-electron chi connectivity index (χ3n) is 6.08. The molecule has 3 aromatic rings. The van der Waals surface area contributed by atoms with Crippen molar-refractivity contribution in [1.82, 2.24) is 4.98 Å². The fourth-order valence-electron chi connectivity index (χ4n) is 4.38. The van der Waals surface area contributed by atoms with Gasteiger partial charge in [0.2, 0.25) is 0 Å². The molecule has 0 aliphatic heterocycles. The van der Waals surface area contributed by atoms with Crippen LogP contribution in [0.1, 0.15) is 58.3 Å². The Morgan fingerprint density at radius 3 is 2.62 bits per heavy atom. The number of benzene rings is 2. The minimum absolute atomic E-state index is 0.0523. The van der Waals surface area contributed by atoms with E-state index in [1.54, 1.807) is 11.3 Å². The first-order chi connectivity index (χ1) is 14.1. The van der Waals surface area contributed by atoms with Gasteiger partial charge in [-0.15, -0.1) is 11.3 Å². The van der Waals surface area contributed by atoms with Crippen molar-refractivity contribution in [2.24, 2.45) is 5.73 Å². The smallest absolute Gasteiger partial charge is 0.136 e. The summed E-state index contributed by atoms with van der Waals surface area (Å²) in [7, 11) is 0. The summed E-state index contributed by atoms with van der Waals surface area (Å²) in [6.45, 7) is 4.96. The van der Waals surface area contributed by atoms with E-state index in [-0.39, 0.29) is 5.82 Å². The van der Waals surface area contributed by atoms with Gasteiger partial charge in [0.25, 0.3) is 0 Å². The molecule has 1 aliphatic rings. The summed E-state index contributed by atoms with van der Waals surface area (Å²) in [5.74, 6) is -0.0523. The molecule has 1 heterocycles. The normalized spacial score (nSPS) is 13.9.